The molecular formula is C26H23N5O. The van der Waals surface area contributed by atoms with E-state index in [1.807, 2.05) is 71.3 Å². The van der Waals surface area contributed by atoms with Gasteiger partial charge >= 0.3 is 0 Å². The second-order valence-corrected chi connectivity index (χ2v) is 7.75. The molecule has 0 saturated carbocycles. The van der Waals surface area contributed by atoms with E-state index in [2.05, 4.69) is 16.0 Å². The number of carbonyl (C=O) groups excluding carboxylic acids is 1. The summed E-state index contributed by atoms with van der Waals surface area (Å²) in [6.45, 7) is 0.907. The van der Waals surface area contributed by atoms with E-state index in [-0.39, 0.29) is 5.78 Å². The average Bonchev–Trinajstić information content (AvgIpc) is 3.30. The number of hydrogen-bond acceptors (Lipinski definition) is 5. The Morgan fingerprint density at radius 2 is 1.72 bits per heavy atom. The van der Waals surface area contributed by atoms with Crippen molar-refractivity contribution in [1.29, 1.82) is 0 Å². The fourth-order valence-electron chi connectivity index (χ4n) is 4.14. The van der Waals surface area contributed by atoms with Crippen LogP contribution in [0.25, 0.3) is 16.8 Å². The van der Waals surface area contributed by atoms with E-state index in [9.17, 15) is 4.79 Å². The molecule has 2 heterocycles. The largest absolute Gasteiger partial charge is 0.326 e. The van der Waals surface area contributed by atoms with Crippen LogP contribution in [0.15, 0.2) is 84.1 Å². The number of aromatic nitrogens is 2. The first-order valence-corrected chi connectivity index (χ1v) is 10.5. The van der Waals surface area contributed by atoms with Crippen molar-refractivity contribution in [1.82, 2.24) is 9.55 Å². The van der Waals surface area contributed by atoms with E-state index in [0.717, 1.165) is 33.5 Å². The van der Waals surface area contributed by atoms with Crippen LogP contribution in [-0.4, -0.2) is 21.5 Å². The highest BCUT2D eigenvalue weighted by Gasteiger charge is 2.30. The normalized spacial score (nSPS) is 15.1. The highest BCUT2D eigenvalue weighted by Crippen LogP contribution is 2.31. The van der Waals surface area contributed by atoms with E-state index in [0.29, 0.717) is 24.5 Å². The number of aliphatic imine (C=N–C) groups is 1. The second kappa shape index (κ2) is 8.34. The Balaban J connectivity index is 1.48. The number of nitrogens with two attached hydrogens (primary N) is 2. The average molecular weight is 422 g/mol. The van der Waals surface area contributed by atoms with E-state index >= 15 is 0 Å². The topological polar surface area (TPSA) is 99.3 Å². The van der Waals surface area contributed by atoms with Gasteiger partial charge in [-0.25, -0.2) is 4.98 Å². The van der Waals surface area contributed by atoms with Gasteiger partial charge in [-0.3, -0.25) is 14.4 Å². The number of rotatable bonds is 5. The maximum atomic E-state index is 13.5. The first-order chi connectivity index (χ1) is 15.7. The van der Waals surface area contributed by atoms with Crippen molar-refractivity contribution in [2.45, 2.75) is 19.1 Å². The van der Waals surface area contributed by atoms with Crippen molar-refractivity contribution in [3.05, 3.63) is 107 Å². The van der Waals surface area contributed by atoms with Crippen molar-refractivity contribution in [2.24, 2.45) is 16.5 Å². The minimum atomic E-state index is -0.602. The van der Waals surface area contributed by atoms with Crippen LogP contribution in [0.1, 0.15) is 38.9 Å². The Kier molecular flexibility index (Phi) is 5.23. The minimum Gasteiger partial charge on any atom is -0.326 e. The molecule has 1 aliphatic heterocycles. The van der Waals surface area contributed by atoms with Crippen molar-refractivity contribution in [3.63, 3.8) is 0 Å². The third-order valence-corrected chi connectivity index (χ3v) is 5.82. The molecule has 1 unspecified atom stereocenters. The molecular weight excluding hydrogens is 398 g/mol. The zero-order chi connectivity index (χ0) is 22.1. The summed E-state index contributed by atoms with van der Waals surface area (Å²) in [5, 5.41) is 0. The van der Waals surface area contributed by atoms with Gasteiger partial charge < -0.3 is 11.5 Å². The van der Waals surface area contributed by atoms with Gasteiger partial charge in [0, 0.05) is 18.8 Å². The van der Waals surface area contributed by atoms with Crippen molar-refractivity contribution >= 4 is 12.0 Å². The Morgan fingerprint density at radius 3 is 2.50 bits per heavy atom. The molecule has 1 aromatic heterocycles. The molecule has 0 radical (unpaired) electrons. The molecule has 4 N–H and O–H groups in total. The summed E-state index contributed by atoms with van der Waals surface area (Å²) in [7, 11) is 0. The molecule has 0 fully saturated rings. The molecule has 6 heteroatoms. The van der Waals surface area contributed by atoms with Crippen LogP contribution in [0.2, 0.25) is 0 Å². The molecule has 5 rings (SSSR count). The predicted octanol–water partition coefficient (Wildman–Crippen LogP) is 3.81. The third-order valence-electron chi connectivity index (χ3n) is 5.82. The number of nitrogens with zero attached hydrogens (tertiary/aromatic N) is 3. The van der Waals surface area contributed by atoms with Crippen molar-refractivity contribution < 1.29 is 4.79 Å². The fourth-order valence-corrected chi connectivity index (χ4v) is 4.14. The van der Waals surface area contributed by atoms with Crippen LogP contribution in [0.4, 0.5) is 0 Å². The number of imidazole rings is 1. The first-order valence-electron chi connectivity index (χ1n) is 10.5. The molecule has 0 bridgehead atoms. The van der Waals surface area contributed by atoms with E-state index in [1.54, 1.807) is 12.5 Å². The summed E-state index contributed by atoms with van der Waals surface area (Å²) in [5.41, 5.74) is 18.7. The smallest absolute Gasteiger partial charge is 0.210 e. The van der Waals surface area contributed by atoms with Gasteiger partial charge in [-0.1, -0.05) is 60.7 Å². The monoisotopic (exact) mass is 421 g/mol. The molecule has 6 nitrogen and oxygen atoms in total. The first kappa shape index (κ1) is 20.1. The van der Waals surface area contributed by atoms with E-state index < -0.39 is 6.04 Å². The zero-order valence-electron chi connectivity index (χ0n) is 17.5. The van der Waals surface area contributed by atoms with Crippen LogP contribution in [0.5, 0.6) is 0 Å². The van der Waals surface area contributed by atoms with Crippen LogP contribution in [0.3, 0.4) is 0 Å². The molecule has 0 spiro atoms. The number of carbonyl (C=O) groups is 1. The van der Waals surface area contributed by atoms with Crippen LogP contribution < -0.4 is 11.5 Å². The molecule has 0 aliphatic carbocycles. The Bertz CT molecular complexity index is 1320. The summed E-state index contributed by atoms with van der Waals surface area (Å²) in [6, 6.07) is 23.2. The Morgan fingerprint density at radius 1 is 0.906 bits per heavy atom. The SMILES string of the molecule is NCc1cccc(-n2cnc3c2C(=O)C(c2ccc(-c4ccccc4CN)cc2)N=C3)c1. The fraction of sp³-hybridized carbons (Fsp3) is 0.115. The van der Waals surface area contributed by atoms with E-state index in [4.69, 9.17) is 11.5 Å². The molecule has 3 aromatic carbocycles. The minimum absolute atomic E-state index is 0.0757. The quantitative estimate of drug-likeness (QED) is 0.512. The number of ketones is 1. The van der Waals surface area contributed by atoms with Gasteiger partial charge in [-0.05, 0) is 39.9 Å². The lowest BCUT2D eigenvalue weighted by molar-refractivity contribution is 0.0953. The molecule has 1 atom stereocenters. The molecule has 32 heavy (non-hydrogen) atoms. The van der Waals surface area contributed by atoms with Crippen molar-refractivity contribution in [2.75, 3.05) is 0 Å². The van der Waals surface area contributed by atoms with Crippen LogP contribution in [-0.2, 0) is 13.1 Å². The lowest BCUT2D eigenvalue weighted by atomic mass is 9.94. The Labute approximate surface area is 186 Å². The maximum Gasteiger partial charge on any atom is 0.210 e. The lowest BCUT2D eigenvalue weighted by Crippen LogP contribution is -2.20. The van der Waals surface area contributed by atoms with Crippen LogP contribution >= 0.6 is 0 Å². The van der Waals surface area contributed by atoms with Crippen molar-refractivity contribution in [3.8, 4) is 16.8 Å². The van der Waals surface area contributed by atoms with E-state index in [1.165, 1.54) is 0 Å². The van der Waals surface area contributed by atoms with Gasteiger partial charge in [0.15, 0.2) is 0 Å². The summed E-state index contributed by atoms with van der Waals surface area (Å²) < 4.78 is 1.82. The number of Topliss-reactive ketones (excluding diaryl/α,β-unsaturated/α-hetero) is 1. The zero-order valence-corrected chi connectivity index (χ0v) is 17.5. The van der Waals surface area contributed by atoms with Gasteiger partial charge in [0.25, 0.3) is 0 Å². The lowest BCUT2D eigenvalue weighted by Gasteiger charge is -2.18. The van der Waals surface area contributed by atoms with Gasteiger partial charge in [0.1, 0.15) is 23.8 Å². The summed E-state index contributed by atoms with van der Waals surface area (Å²) in [5.74, 6) is -0.0757. The molecule has 158 valence electrons. The van der Waals surface area contributed by atoms with Gasteiger partial charge in [-0.2, -0.15) is 0 Å². The second-order valence-electron chi connectivity index (χ2n) is 7.75. The number of hydrogen-bond donors (Lipinski definition) is 2. The summed E-state index contributed by atoms with van der Waals surface area (Å²) in [6.07, 6.45) is 3.35. The molecule has 0 saturated heterocycles. The Hall–Kier alpha value is -3.87. The predicted molar refractivity (Wildman–Crippen MR) is 126 cm³/mol. The van der Waals surface area contributed by atoms with Gasteiger partial charge in [0.05, 0.1) is 6.21 Å². The highest BCUT2D eigenvalue weighted by atomic mass is 16.1. The maximum absolute atomic E-state index is 13.5. The summed E-state index contributed by atoms with van der Waals surface area (Å²) in [4.78, 5) is 22.4. The summed E-state index contributed by atoms with van der Waals surface area (Å²) >= 11 is 0. The van der Waals surface area contributed by atoms with Crippen LogP contribution in [0, 0.1) is 0 Å². The third kappa shape index (κ3) is 3.45. The van der Waals surface area contributed by atoms with Gasteiger partial charge in [-0.15, -0.1) is 0 Å². The van der Waals surface area contributed by atoms with Gasteiger partial charge in [0.2, 0.25) is 5.78 Å². The molecule has 4 aromatic rings. The highest BCUT2D eigenvalue weighted by molar-refractivity contribution is 6.08. The molecule has 0 amide bonds. The number of fused-ring (bicyclic) bond motifs is 1. The molecule has 1 aliphatic rings. The standard InChI is InChI=1S/C26H23N5O/c27-13-17-4-3-6-21(12-17)31-16-30-23-15-29-24(26(32)25(23)31)19-10-8-18(9-11-19)22-7-2-1-5-20(22)14-28/h1-12,15-16,24H,13-14,27-28H2. The number of benzene rings is 3.